The predicted octanol–water partition coefficient (Wildman–Crippen LogP) is 5.08. The first-order chi connectivity index (χ1) is 21.9. The average Bonchev–Trinajstić information content (AvgIpc) is 2.97. The molecule has 0 unspecified atom stereocenters. The molecule has 0 saturated carbocycles. The van der Waals surface area contributed by atoms with Gasteiger partial charge in [0.15, 0.2) is 6.61 Å². The molecule has 2 atom stereocenters. The number of unbranched alkanes of at least 4 members (excludes halogenated alkanes) is 1. The van der Waals surface area contributed by atoms with Crippen LogP contribution in [0.1, 0.15) is 59.9 Å². The number of hydrogen-bond acceptors (Lipinski definition) is 9. The molecule has 3 rings (SSSR count). The van der Waals surface area contributed by atoms with Gasteiger partial charge in [0, 0.05) is 36.7 Å². The fourth-order valence-corrected chi connectivity index (χ4v) is 5.91. The summed E-state index contributed by atoms with van der Waals surface area (Å²) in [5.41, 5.74) is 0.212. The topological polar surface area (TPSA) is 152 Å². The molecule has 47 heavy (non-hydrogen) atoms. The van der Waals surface area contributed by atoms with Gasteiger partial charge in [-0.1, -0.05) is 37.1 Å². The lowest BCUT2D eigenvalue weighted by Crippen LogP contribution is -2.58. The van der Waals surface area contributed by atoms with Gasteiger partial charge in [-0.25, -0.2) is 17.6 Å². The number of nitrogens with one attached hydrogen (secondary N) is 1. The molecule has 1 aliphatic heterocycles. The molecular formula is C32H45ClFN3O9S. The zero-order chi connectivity index (χ0) is 35.4. The first kappa shape index (κ1) is 39.7. The number of benzene rings is 2. The lowest BCUT2D eigenvalue weighted by Gasteiger charge is -2.44. The molecule has 0 bridgehead atoms. The van der Waals surface area contributed by atoms with Crippen LogP contribution in [0.4, 0.5) is 9.18 Å². The largest absolute Gasteiger partial charge is 0.505 e. The number of rotatable bonds is 12. The number of carbonyl (C=O) groups is 3. The number of ether oxygens (including phenoxy) is 3. The Labute approximate surface area is 281 Å². The monoisotopic (exact) mass is 701 g/mol. The Morgan fingerprint density at radius 2 is 1.72 bits per heavy atom. The van der Waals surface area contributed by atoms with Crippen molar-refractivity contribution in [1.82, 2.24) is 14.5 Å². The molecule has 1 aliphatic rings. The van der Waals surface area contributed by atoms with E-state index in [1.807, 2.05) is 20.8 Å². The first-order valence-electron chi connectivity index (χ1n) is 15.2. The smallest absolute Gasteiger partial charge is 0.482 e. The maximum Gasteiger partial charge on any atom is 0.505 e. The number of esters is 1. The highest BCUT2D eigenvalue weighted by atomic mass is 35.5. The second kappa shape index (κ2) is 18.2. The Bertz CT molecular complexity index is 1450. The highest BCUT2D eigenvalue weighted by molar-refractivity contribution is 7.89. The number of halogens is 2. The molecule has 1 fully saturated rings. The van der Waals surface area contributed by atoms with Gasteiger partial charge in [0.2, 0.25) is 10.0 Å². The van der Waals surface area contributed by atoms with Crippen molar-refractivity contribution in [2.24, 2.45) is 0 Å². The van der Waals surface area contributed by atoms with Crippen molar-refractivity contribution in [2.75, 3.05) is 32.8 Å². The standard InChI is InChI=1S/C27H35ClFN3O6S.C5H10O3/c1-18-15-32(19(2)14-31(18)16-20-6-9-22(29)10-7-20)25(33)17-37-23-11-8-21(28)12-24(23)39(35,36)30-13-26(34)38-27(3,4)5;1-2-3-4-8-5(6)7/h6-12,18-19,30H,13-17H2,1-5H3;2-4H2,1H3,(H,6,7)/t18-,19+;/m0./s1. The average molecular weight is 702 g/mol. The van der Waals surface area contributed by atoms with Crippen molar-refractivity contribution in [2.45, 2.75) is 83.5 Å². The van der Waals surface area contributed by atoms with Crippen LogP contribution in [0, 0.1) is 5.82 Å². The molecule has 12 nitrogen and oxygen atoms in total. The van der Waals surface area contributed by atoms with E-state index in [1.54, 1.807) is 37.8 Å². The molecular weight excluding hydrogens is 657 g/mol. The van der Waals surface area contributed by atoms with Crippen LogP contribution in [0.5, 0.6) is 5.75 Å². The summed E-state index contributed by atoms with van der Waals surface area (Å²) in [6.07, 6.45) is 0.595. The van der Waals surface area contributed by atoms with Crippen LogP contribution in [-0.2, 0) is 35.6 Å². The minimum atomic E-state index is -4.21. The van der Waals surface area contributed by atoms with Crippen LogP contribution >= 0.6 is 11.6 Å². The Morgan fingerprint density at radius 1 is 1.06 bits per heavy atom. The fourth-order valence-electron chi connectivity index (χ4n) is 4.54. The third-order valence-corrected chi connectivity index (χ3v) is 8.49. The van der Waals surface area contributed by atoms with Crippen molar-refractivity contribution >= 4 is 39.7 Å². The number of amides is 1. The van der Waals surface area contributed by atoms with Crippen molar-refractivity contribution in [3.63, 3.8) is 0 Å². The second-order valence-electron chi connectivity index (χ2n) is 12.1. The minimum Gasteiger partial charge on any atom is -0.482 e. The molecule has 2 aromatic carbocycles. The molecule has 0 aromatic heterocycles. The molecule has 262 valence electrons. The second-order valence-corrected chi connectivity index (χ2v) is 14.2. The fraction of sp³-hybridized carbons (Fsp3) is 0.531. The summed E-state index contributed by atoms with van der Waals surface area (Å²) in [6.45, 7) is 12.0. The number of carboxylic acid groups (broad SMARTS) is 1. The number of piperazine rings is 1. The molecule has 2 aromatic rings. The van der Waals surface area contributed by atoms with Gasteiger partial charge >= 0.3 is 12.1 Å². The van der Waals surface area contributed by atoms with Gasteiger partial charge < -0.3 is 24.2 Å². The minimum absolute atomic E-state index is 0.0405. The summed E-state index contributed by atoms with van der Waals surface area (Å²) in [4.78, 5) is 38.4. The molecule has 15 heteroatoms. The summed E-state index contributed by atoms with van der Waals surface area (Å²) in [5.74, 6) is -1.39. The third-order valence-electron chi connectivity index (χ3n) is 6.83. The van der Waals surface area contributed by atoms with Gasteiger partial charge in [0.1, 0.15) is 28.6 Å². The van der Waals surface area contributed by atoms with E-state index in [0.717, 1.165) is 18.4 Å². The van der Waals surface area contributed by atoms with E-state index in [-0.39, 0.29) is 46.1 Å². The number of nitrogens with zero attached hydrogens (tertiary/aromatic N) is 2. The van der Waals surface area contributed by atoms with Crippen LogP contribution in [0.2, 0.25) is 5.02 Å². The van der Waals surface area contributed by atoms with E-state index >= 15 is 0 Å². The molecule has 1 heterocycles. The SMILES string of the molecule is CCCCOC(=O)O.C[C@@H]1CN(Cc2ccc(F)cc2)[C@@H](C)CN1C(=O)COc1ccc(Cl)cc1S(=O)(=O)NCC(=O)OC(C)(C)C. The Hall–Kier alpha value is -3.46. The van der Waals surface area contributed by atoms with E-state index in [9.17, 15) is 27.2 Å². The van der Waals surface area contributed by atoms with Crippen molar-refractivity contribution in [3.8, 4) is 5.75 Å². The van der Waals surface area contributed by atoms with E-state index in [0.29, 0.717) is 26.2 Å². The summed E-state index contributed by atoms with van der Waals surface area (Å²) in [6, 6.07) is 10.3. The van der Waals surface area contributed by atoms with Crippen molar-refractivity contribution in [1.29, 1.82) is 0 Å². The van der Waals surface area contributed by atoms with Gasteiger partial charge in [-0.05, 0) is 76.9 Å². The van der Waals surface area contributed by atoms with E-state index in [4.69, 9.17) is 26.2 Å². The van der Waals surface area contributed by atoms with Gasteiger partial charge in [-0.15, -0.1) is 0 Å². The van der Waals surface area contributed by atoms with E-state index in [2.05, 4.69) is 14.4 Å². The van der Waals surface area contributed by atoms with Crippen LogP contribution in [0.25, 0.3) is 0 Å². The van der Waals surface area contributed by atoms with Crippen molar-refractivity contribution in [3.05, 3.63) is 58.9 Å². The summed E-state index contributed by atoms with van der Waals surface area (Å²) < 4.78 is 56.3. The maximum atomic E-state index is 13.2. The first-order valence-corrected chi connectivity index (χ1v) is 17.1. The zero-order valence-corrected chi connectivity index (χ0v) is 29.2. The van der Waals surface area contributed by atoms with Crippen LogP contribution in [-0.4, -0.2) is 91.9 Å². The predicted molar refractivity (Wildman–Crippen MR) is 174 cm³/mol. The van der Waals surface area contributed by atoms with Crippen molar-refractivity contribution < 1.29 is 46.5 Å². The van der Waals surface area contributed by atoms with E-state index < -0.39 is 34.3 Å². The normalized spacial score (nSPS) is 16.9. The Morgan fingerprint density at radius 3 is 2.32 bits per heavy atom. The molecule has 1 amide bonds. The zero-order valence-electron chi connectivity index (χ0n) is 27.6. The van der Waals surface area contributed by atoms with Crippen LogP contribution in [0.3, 0.4) is 0 Å². The van der Waals surface area contributed by atoms with Gasteiger partial charge in [-0.3, -0.25) is 14.5 Å². The molecule has 1 saturated heterocycles. The number of carbonyl (C=O) groups excluding carboxylic acids is 2. The summed E-state index contributed by atoms with van der Waals surface area (Å²) in [5, 5.41) is 8.06. The number of sulfonamides is 1. The maximum absolute atomic E-state index is 13.2. The lowest BCUT2D eigenvalue weighted by atomic mass is 10.1. The highest BCUT2D eigenvalue weighted by Gasteiger charge is 2.32. The molecule has 0 radical (unpaired) electrons. The van der Waals surface area contributed by atoms with Gasteiger partial charge in [-0.2, -0.15) is 4.72 Å². The van der Waals surface area contributed by atoms with Gasteiger partial charge in [0.25, 0.3) is 5.91 Å². The van der Waals surface area contributed by atoms with Gasteiger partial charge in [0.05, 0.1) is 6.61 Å². The lowest BCUT2D eigenvalue weighted by molar-refractivity contribution is -0.153. The molecule has 0 spiro atoms. The van der Waals surface area contributed by atoms with E-state index in [1.165, 1.54) is 30.3 Å². The van der Waals surface area contributed by atoms with Crippen LogP contribution < -0.4 is 9.46 Å². The summed E-state index contributed by atoms with van der Waals surface area (Å²) >= 11 is 6.03. The molecule has 0 aliphatic carbocycles. The highest BCUT2D eigenvalue weighted by Crippen LogP contribution is 2.28. The Kier molecular flexibility index (Phi) is 15.4. The number of hydrogen-bond donors (Lipinski definition) is 2. The Balaban J connectivity index is 0.000000849. The summed E-state index contributed by atoms with van der Waals surface area (Å²) in [7, 11) is -4.21. The molecule has 2 N–H and O–H groups in total. The quantitative estimate of drug-likeness (QED) is 0.226. The van der Waals surface area contributed by atoms with Crippen LogP contribution in [0.15, 0.2) is 47.4 Å². The third kappa shape index (κ3) is 14.1.